The van der Waals surface area contributed by atoms with E-state index in [-0.39, 0.29) is 0 Å². The SMILES string of the molecule is CCCCCCCCC#Cc1cc(C)nn1C. The average molecular weight is 232 g/mol. The van der Waals surface area contributed by atoms with Crippen molar-refractivity contribution in [2.45, 2.75) is 58.8 Å². The lowest BCUT2D eigenvalue weighted by molar-refractivity contribution is 0.614. The largest absolute Gasteiger partial charge is 0.260 e. The van der Waals surface area contributed by atoms with Crippen LogP contribution in [0.5, 0.6) is 0 Å². The molecule has 0 amide bonds. The second-order valence-corrected chi connectivity index (χ2v) is 4.61. The highest BCUT2D eigenvalue weighted by Crippen LogP contribution is 2.06. The number of aromatic nitrogens is 2. The Hall–Kier alpha value is -1.23. The van der Waals surface area contributed by atoms with E-state index < -0.39 is 0 Å². The normalized spacial score (nSPS) is 10.1. The summed E-state index contributed by atoms with van der Waals surface area (Å²) in [5, 5.41) is 4.27. The summed E-state index contributed by atoms with van der Waals surface area (Å²) >= 11 is 0. The van der Waals surface area contributed by atoms with E-state index in [1.54, 1.807) is 0 Å². The lowest BCUT2D eigenvalue weighted by Gasteiger charge is -1.96. The molecule has 0 fully saturated rings. The van der Waals surface area contributed by atoms with Crippen molar-refractivity contribution in [2.24, 2.45) is 7.05 Å². The van der Waals surface area contributed by atoms with Crippen LogP contribution in [0.25, 0.3) is 0 Å². The number of aryl methyl sites for hydroxylation is 2. The highest BCUT2D eigenvalue weighted by molar-refractivity contribution is 5.29. The first-order valence-corrected chi connectivity index (χ1v) is 6.73. The number of nitrogens with zero attached hydrogens (tertiary/aromatic N) is 2. The van der Waals surface area contributed by atoms with Crippen LogP contribution in [0.4, 0.5) is 0 Å². The predicted octanol–water partition coefficient (Wildman–Crippen LogP) is 3.83. The van der Waals surface area contributed by atoms with E-state index in [4.69, 9.17) is 0 Å². The van der Waals surface area contributed by atoms with Gasteiger partial charge in [-0.15, -0.1) is 0 Å². The quantitative estimate of drug-likeness (QED) is 0.538. The molecule has 17 heavy (non-hydrogen) atoms. The highest BCUT2D eigenvalue weighted by Gasteiger charge is 1.96. The number of rotatable bonds is 6. The van der Waals surface area contributed by atoms with Gasteiger partial charge in [0.25, 0.3) is 0 Å². The van der Waals surface area contributed by atoms with Gasteiger partial charge in [0, 0.05) is 13.5 Å². The van der Waals surface area contributed by atoms with Gasteiger partial charge in [0.05, 0.1) is 5.69 Å². The molecule has 1 rings (SSSR count). The summed E-state index contributed by atoms with van der Waals surface area (Å²) in [5.41, 5.74) is 2.06. The first kappa shape index (κ1) is 13.8. The van der Waals surface area contributed by atoms with E-state index in [9.17, 15) is 0 Å². The molecule has 0 saturated heterocycles. The zero-order chi connectivity index (χ0) is 12.5. The number of unbranched alkanes of at least 4 members (excludes halogenated alkanes) is 6. The maximum absolute atomic E-state index is 4.27. The topological polar surface area (TPSA) is 17.8 Å². The maximum atomic E-state index is 4.27. The second-order valence-electron chi connectivity index (χ2n) is 4.61. The number of hydrogen-bond acceptors (Lipinski definition) is 1. The molecule has 0 aromatic carbocycles. The van der Waals surface area contributed by atoms with Gasteiger partial charge in [-0.3, -0.25) is 4.68 Å². The van der Waals surface area contributed by atoms with Crippen molar-refractivity contribution in [1.82, 2.24) is 9.78 Å². The molecule has 0 atom stereocenters. The van der Waals surface area contributed by atoms with Gasteiger partial charge in [-0.05, 0) is 25.3 Å². The van der Waals surface area contributed by atoms with Crippen molar-refractivity contribution in [3.05, 3.63) is 17.5 Å². The molecule has 0 N–H and O–H groups in total. The Morgan fingerprint density at radius 3 is 2.53 bits per heavy atom. The van der Waals surface area contributed by atoms with Gasteiger partial charge in [0.15, 0.2) is 0 Å². The summed E-state index contributed by atoms with van der Waals surface area (Å²) in [7, 11) is 1.95. The fraction of sp³-hybridized carbons (Fsp3) is 0.667. The van der Waals surface area contributed by atoms with Gasteiger partial charge in [-0.2, -0.15) is 5.10 Å². The Bertz CT molecular complexity index is 379. The summed E-state index contributed by atoms with van der Waals surface area (Å²) in [6.07, 6.45) is 8.99. The van der Waals surface area contributed by atoms with E-state index in [0.29, 0.717) is 0 Å². The Morgan fingerprint density at radius 2 is 1.88 bits per heavy atom. The van der Waals surface area contributed by atoms with E-state index in [2.05, 4.69) is 23.9 Å². The molecule has 0 aliphatic rings. The van der Waals surface area contributed by atoms with Crippen LogP contribution in [0.15, 0.2) is 6.07 Å². The first-order chi connectivity index (χ1) is 8.24. The summed E-state index contributed by atoms with van der Waals surface area (Å²) in [5.74, 6) is 6.42. The lowest BCUT2D eigenvalue weighted by atomic mass is 10.1. The lowest BCUT2D eigenvalue weighted by Crippen LogP contribution is -1.93. The van der Waals surface area contributed by atoms with Crippen LogP contribution in [0.3, 0.4) is 0 Å². The third-order valence-electron chi connectivity index (χ3n) is 2.87. The van der Waals surface area contributed by atoms with Crippen molar-refractivity contribution < 1.29 is 0 Å². The van der Waals surface area contributed by atoms with Crippen molar-refractivity contribution in [1.29, 1.82) is 0 Å². The van der Waals surface area contributed by atoms with Crippen LogP contribution in [0.2, 0.25) is 0 Å². The average Bonchev–Trinajstić information content (AvgIpc) is 2.61. The molecular formula is C15H24N2. The molecule has 0 bridgehead atoms. The maximum Gasteiger partial charge on any atom is 0.111 e. The van der Waals surface area contributed by atoms with E-state index in [0.717, 1.165) is 17.8 Å². The van der Waals surface area contributed by atoms with Gasteiger partial charge >= 0.3 is 0 Å². The molecule has 1 aromatic rings. The zero-order valence-corrected chi connectivity index (χ0v) is 11.4. The monoisotopic (exact) mass is 232 g/mol. The molecule has 0 spiro atoms. The molecule has 1 heterocycles. The second kappa shape index (κ2) is 7.95. The number of hydrogen-bond donors (Lipinski definition) is 0. The van der Waals surface area contributed by atoms with Gasteiger partial charge < -0.3 is 0 Å². The summed E-state index contributed by atoms with van der Waals surface area (Å²) in [6, 6.07) is 2.04. The summed E-state index contributed by atoms with van der Waals surface area (Å²) < 4.78 is 1.85. The predicted molar refractivity (Wildman–Crippen MR) is 72.8 cm³/mol. The zero-order valence-electron chi connectivity index (χ0n) is 11.4. The van der Waals surface area contributed by atoms with Gasteiger partial charge in [-0.1, -0.05) is 44.9 Å². The molecule has 1 aromatic heterocycles. The first-order valence-electron chi connectivity index (χ1n) is 6.73. The van der Waals surface area contributed by atoms with Crippen molar-refractivity contribution in [2.75, 3.05) is 0 Å². The van der Waals surface area contributed by atoms with Crippen LogP contribution in [-0.4, -0.2) is 9.78 Å². The fourth-order valence-corrected chi connectivity index (χ4v) is 1.87. The molecule has 2 heteroatoms. The highest BCUT2D eigenvalue weighted by atomic mass is 15.3. The Morgan fingerprint density at radius 1 is 1.18 bits per heavy atom. The molecule has 0 aliphatic heterocycles. The third kappa shape index (κ3) is 5.58. The van der Waals surface area contributed by atoms with Gasteiger partial charge in [0.1, 0.15) is 5.69 Å². The fourth-order valence-electron chi connectivity index (χ4n) is 1.87. The molecular weight excluding hydrogens is 208 g/mol. The molecule has 0 saturated carbocycles. The van der Waals surface area contributed by atoms with Crippen LogP contribution in [0.1, 0.15) is 63.3 Å². The standard InChI is InChI=1S/C15H24N2/c1-4-5-6-7-8-9-10-11-12-15-13-14(2)16-17(15)3/h13H,4-10H2,1-3H3. The molecule has 0 unspecified atom stereocenters. The van der Waals surface area contributed by atoms with Gasteiger partial charge in [0.2, 0.25) is 0 Å². The molecule has 0 aliphatic carbocycles. The Balaban J connectivity index is 2.16. The molecule has 2 nitrogen and oxygen atoms in total. The van der Waals surface area contributed by atoms with Crippen molar-refractivity contribution in [3.8, 4) is 11.8 Å². The van der Waals surface area contributed by atoms with Crippen molar-refractivity contribution in [3.63, 3.8) is 0 Å². The van der Waals surface area contributed by atoms with E-state index in [1.807, 2.05) is 24.7 Å². The Labute approximate surface area is 105 Å². The summed E-state index contributed by atoms with van der Waals surface area (Å²) in [4.78, 5) is 0. The van der Waals surface area contributed by atoms with Crippen molar-refractivity contribution >= 4 is 0 Å². The molecule has 0 radical (unpaired) electrons. The summed E-state index contributed by atoms with van der Waals surface area (Å²) in [6.45, 7) is 4.25. The van der Waals surface area contributed by atoms with Gasteiger partial charge in [-0.25, -0.2) is 0 Å². The van der Waals surface area contributed by atoms with Crippen LogP contribution in [0, 0.1) is 18.8 Å². The minimum atomic E-state index is 1.01. The van der Waals surface area contributed by atoms with E-state index in [1.165, 1.54) is 38.5 Å². The van der Waals surface area contributed by atoms with Crippen LogP contribution < -0.4 is 0 Å². The Kier molecular flexibility index (Phi) is 6.47. The van der Waals surface area contributed by atoms with Crippen LogP contribution in [-0.2, 0) is 7.05 Å². The third-order valence-corrected chi connectivity index (χ3v) is 2.87. The smallest absolute Gasteiger partial charge is 0.111 e. The minimum Gasteiger partial charge on any atom is -0.260 e. The molecule has 94 valence electrons. The van der Waals surface area contributed by atoms with E-state index >= 15 is 0 Å². The van der Waals surface area contributed by atoms with Crippen LogP contribution >= 0.6 is 0 Å². The minimum absolute atomic E-state index is 1.01.